The first-order chi connectivity index (χ1) is 9.11. The summed E-state index contributed by atoms with van der Waals surface area (Å²) in [6.45, 7) is 12.9. The van der Waals surface area contributed by atoms with E-state index in [9.17, 15) is 0 Å². The van der Waals surface area contributed by atoms with Crippen molar-refractivity contribution in [2.75, 3.05) is 13.1 Å². The first-order valence-electron chi connectivity index (χ1n) is 7.47. The number of hydrogen-bond acceptors (Lipinski definition) is 4. The van der Waals surface area contributed by atoms with Crippen LogP contribution in [-0.4, -0.2) is 44.3 Å². The van der Waals surface area contributed by atoms with Crippen LogP contribution < -0.4 is 5.32 Å². The molecule has 1 N–H and O–H groups in total. The Morgan fingerprint density at radius 3 is 2.84 bits per heavy atom. The molecule has 2 unspecified atom stereocenters. The fourth-order valence-electron chi connectivity index (χ4n) is 2.81. The van der Waals surface area contributed by atoms with Gasteiger partial charge in [-0.15, -0.1) is 0 Å². The Morgan fingerprint density at radius 2 is 2.21 bits per heavy atom. The molecule has 0 aliphatic carbocycles. The van der Waals surface area contributed by atoms with Crippen LogP contribution in [0.1, 0.15) is 46.4 Å². The third kappa shape index (κ3) is 3.15. The Kier molecular flexibility index (Phi) is 4.58. The number of nitrogens with zero attached hydrogens (tertiary/aromatic N) is 4. The smallest absolute Gasteiger partial charge is 0.141 e. The molecule has 0 aromatic carbocycles. The van der Waals surface area contributed by atoms with E-state index >= 15 is 0 Å². The molecule has 0 spiro atoms. The molecule has 2 atom stereocenters. The Labute approximate surface area is 116 Å². The van der Waals surface area contributed by atoms with Crippen molar-refractivity contribution < 1.29 is 0 Å². The highest BCUT2D eigenvalue weighted by Gasteiger charge is 2.34. The summed E-state index contributed by atoms with van der Waals surface area (Å²) in [5, 5.41) is 7.97. The van der Waals surface area contributed by atoms with Crippen LogP contribution in [0.3, 0.4) is 0 Å². The second kappa shape index (κ2) is 6.01. The zero-order valence-electron chi connectivity index (χ0n) is 12.7. The van der Waals surface area contributed by atoms with Crippen LogP contribution in [-0.2, 0) is 13.1 Å². The van der Waals surface area contributed by atoms with Crippen LogP contribution in [0.5, 0.6) is 0 Å². The average molecular weight is 265 g/mol. The van der Waals surface area contributed by atoms with Crippen LogP contribution in [0.4, 0.5) is 0 Å². The van der Waals surface area contributed by atoms with Gasteiger partial charge < -0.3 is 5.32 Å². The normalized spacial score (nSPS) is 28.7. The van der Waals surface area contributed by atoms with E-state index in [1.807, 2.05) is 4.68 Å². The van der Waals surface area contributed by atoms with Crippen molar-refractivity contribution in [1.82, 2.24) is 25.0 Å². The molecule has 1 aliphatic heterocycles. The van der Waals surface area contributed by atoms with E-state index in [1.165, 1.54) is 6.42 Å². The lowest BCUT2D eigenvalue weighted by molar-refractivity contribution is 0.0720. The maximum atomic E-state index is 4.41. The van der Waals surface area contributed by atoms with E-state index in [0.29, 0.717) is 6.04 Å². The zero-order valence-corrected chi connectivity index (χ0v) is 12.7. The van der Waals surface area contributed by atoms with Gasteiger partial charge in [-0.05, 0) is 26.7 Å². The van der Waals surface area contributed by atoms with Crippen molar-refractivity contribution in [3.05, 3.63) is 12.2 Å². The topological polar surface area (TPSA) is 46.0 Å². The second-order valence-corrected chi connectivity index (χ2v) is 5.75. The van der Waals surface area contributed by atoms with Crippen LogP contribution in [0.25, 0.3) is 0 Å². The number of aromatic nitrogens is 3. The van der Waals surface area contributed by atoms with Crippen molar-refractivity contribution in [1.29, 1.82) is 0 Å². The van der Waals surface area contributed by atoms with Gasteiger partial charge in [-0.3, -0.25) is 4.90 Å². The Hall–Kier alpha value is -0.940. The number of piperazine rings is 1. The minimum atomic E-state index is 0.225. The lowest BCUT2D eigenvalue weighted by Gasteiger charge is -2.45. The SMILES string of the molecule is CCC1CNC(C)(CC)CN1Cc1ncnn1CC. The summed E-state index contributed by atoms with van der Waals surface area (Å²) in [4.78, 5) is 6.98. The highest BCUT2D eigenvalue weighted by atomic mass is 15.4. The Bertz CT molecular complexity index is 402. The lowest BCUT2D eigenvalue weighted by atomic mass is 9.93. The van der Waals surface area contributed by atoms with Gasteiger partial charge >= 0.3 is 0 Å². The van der Waals surface area contributed by atoms with E-state index in [0.717, 1.165) is 38.4 Å². The monoisotopic (exact) mass is 265 g/mol. The molecule has 0 amide bonds. The van der Waals surface area contributed by atoms with E-state index in [1.54, 1.807) is 6.33 Å². The summed E-state index contributed by atoms with van der Waals surface area (Å²) in [5.74, 6) is 1.08. The first-order valence-corrected chi connectivity index (χ1v) is 7.47. The predicted molar refractivity (Wildman–Crippen MR) is 76.9 cm³/mol. The van der Waals surface area contributed by atoms with E-state index in [-0.39, 0.29) is 5.54 Å². The molecule has 1 fully saturated rings. The van der Waals surface area contributed by atoms with Gasteiger partial charge in [0.25, 0.3) is 0 Å². The van der Waals surface area contributed by atoms with Gasteiger partial charge in [-0.2, -0.15) is 5.10 Å². The molecule has 0 saturated carbocycles. The molecule has 0 bridgehead atoms. The molecule has 19 heavy (non-hydrogen) atoms. The van der Waals surface area contributed by atoms with Crippen molar-refractivity contribution in [3.8, 4) is 0 Å². The van der Waals surface area contributed by atoms with Gasteiger partial charge in [-0.25, -0.2) is 9.67 Å². The molecule has 108 valence electrons. The summed E-state index contributed by atoms with van der Waals surface area (Å²) in [6, 6.07) is 0.599. The lowest BCUT2D eigenvalue weighted by Crippen LogP contribution is -2.62. The summed E-state index contributed by atoms with van der Waals surface area (Å²) in [6.07, 6.45) is 3.99. The zero-order chi connectivity index (χ0) is 13.9. The van der Waals surface area contributed by atoms with Gasteiger partial charge in [0, 0.05) is 31.2 Å². The quantitative estimate of drug-likeness (QED) is 0.879. The van der Waals surface area contributed by atoms with Crippen molar-refractivity contribution in [2.24, 2.45) is 0 Å². The minimum Gasteiger partial charge on any atom is -0.309 e. The molecular weight excluding hydrogens is 238 g/mol. The molecular formula is C14H27N5. The molecule has 2 rings (SSSR count). The van der Waals surface area contributed by atoms with Crippen molar-refractivity contribution in [3.63, 3.8) is 0 Å². The summed E-state index contributed by atoms with van der Waals surface area (Å²) >= 11 is 0. The van der Waals surface area contributed by atoms with E-state index < -0.39 is 0 Å². The first kappa shape index (κ1) is 14.5. The largest absolute Gasteiger partial charge is 0.309 e. The second-order valence-electron chi connectivity index (χ2n) is 5.75. The third-order valence-corrected chi connectivity index (χ3v) is 4.42. The molecule has 1 aromatic heterocycles. The maximum absolute atomic E-state index is 4.41. The Morgan fingerprint density at radius 1 is 1.42 bits per heavy atom. The van der Waals surface area contributed by atoms with Crippen LogP contribution in [0.15, 0.2) is 6.33 Å². The molecule has 1 aromatic rings. The van der Waals surface area contributed by atoms with Crippen molar-refractivity contribution >= 4 is 0 Å². The number of hydrogen-bond donors (Lipinski definition) is 1. The van der Waals surface area contributed by atoms with Gasteiger partial charge in [0.15, 0.2) is 0 Å². The molecule has 1 aliphatic rings. The fourth-order valence-corrected chi connectivity index (χ4v) is 2.81. The van der Waals surface area contributed by atoms with Gasteiger partial charge in [0.2, 0.25) is 0 Å². The summed E-state index contributed by atoms with van der Waals surface area (Å²) < 4.78 is 2.00. The highest BCUT2D eigenvalue weighted by molar-refractivity contribution is 4.96. The van der Waals surface area contributed by atoms with Gasteiger partial charge in [0.05, 0.1) is 6.54 Å². The molecule has 1 saturated heterocycles. The molecule has 5 heteroatoms. The molecule has 5 nitrogen and oxygen atoms in total. The van der Waals surface area contributed by atoms with Crippen LogP contribution in [0, 0.1) is 0 Å². The van der Waals surface area contributed by atoms with Crippen LogP contribution >= 0.6 is 0 Å². The third-order valence-electron chi connectivity index (χ3n) is 4.42. The summed E-state index contributed by atoms with van der Waals surface area (Å²) in [5.41, 5.74) is 0.225. The summed E-state index contributed by atoms with van der Waals surface area (Å²) in [7, 11) is 0. The van der Waals surface area contributed by atoms with Gasteiger partial charge in [0.1, 0.15) is 12.2 Å². The van der Waals surface area contributed by atoms with Crippen LogP contribution in [0.2, 0.25) is 0 Å². The van der Waals surface area contributed by atoms with E-state index in [2.05, 4.69) is 48.0 Å². The average Bonchev–Trinajstić information content (AvgIpc) is 2.86. The molecule has 2 heterocycles. The molecule has 0 radical (unpaired) electrons. The Balaban J connectivity index is 2.10. The number of nitrogens with one attached hydrogen (secondary N) is 1. The number of aryl methyl sites for hydroxylation is 1. The standard InChI is InChI=1S/C14H27N5/c1-5-12-8-16-14(4,6-2)10-18(12)9-13-15-11-17-19(13)7-3/h11-12,16H,5-10H2,1-4H3. The van der Waals surface area contributed by atoms with Gasteiger partial charge in [-0.1, -0.05) is 13.8 Å². The maximum Gasteiger partial charge on any atom is 0.141 e. The minimum absolute atomic E-state index is 0.225. The predicted octanol–water partition coefficient (Wildman–Crippen LogP) is 1.65. The highest BCUT2D eigenvalue weighted by Crippen LogP contribution is 2.21. The fraction of sp³-hybridized carbons (Fsp3) is 0.857. The number of rotatable bonds is 5. The van der Waals surface area contributed by atoms with E-state index in [4.69, 9.17) is 0 Å². The van der Waals surface area contributed by atoms with Crippen molar-refractivity contribution in [2.45, 2.75) is 65.2 Å².